The Labute approximate surface area is 169 Å². The second-order valence-electron chi connectivity index (χ2n) is 5.82. The fourth-order valence-corrected chi connectivity index (χ4v) is 2.83. The lowest BCUT2D eigenvalue weighted by molar-refractivity contribution is -0.384. The van der Waals surface area contributed by atoms with Crippen molar-refractivity contribution >= 4 is 40.5 Å². The van der Waals surface area contributed by atoms with Crippen molar-refractivity contribution in [3.05, 3.63) is 80.1 Å². The molecule has 2 aromatic carbocycles. The summed E-state index contributed by atoms with van der Waals surface area (Å²) in [6, 6.07) is 10.8. The zero-order valence-electron chi connectivity index (χ0n) is 14.6. The molecule has 0 radical (unpaired) electrons. The topological polar surface area (TPSA) is 99.3 Å². The van der Waals surface area contributed by atoms with Crippen molar-refractivity contribution in [2.75, 3.05) is 5.32 Å². The first kappa shape index (κ1) is 19.7. The van der Waals surface area contributed by atoms with Crippen molar-refractivity contribution in [2.24, 2.45) is 0 Å². The highest BCUT2D eigenvalue weighted by atomic mass is 35.5. The number of nitro benzene ring substituents is 1. The second kappa shape index (κ2) is 8.28. The Morgan fingerprint density at radius 2 is 2.04 bits per heavy atom. The lowest BCUT2D eigenvalue weighted by Crippen LogP contribution is -2.15. The average molecular weight is 421 g/mol. The Kier molecular flexibility index (Phi) is 5.81. The van der Waals surface area contributed by atoms with Gasteiger partial charge in [-0.1, -0.05) is 29.3 Å². The molecule has 28 heavy (non-hydrogen) atoms. The molecule has 0 unspecified atom stereocenters. The molecule has 0 bridgehead atoms. The number of anilines is 1. The third-order valence-electron chi connectivity index (χ3n) is 3.72. The average Bonchev–Trinajstić information content (AvgIpc) is 3.11. The van der Waals surface area contributed by atoms with E-state index in [4.69, 9.17) is 27.9 Å². The van der Waals surface area contributed by atoms with E-state index in [0.29, 0.717) is 21.4 Å². The summed E-state index contributed by atoms with van der Waals surface area (Å²) in [5.74, 6) is -0.155. The van der Waals surface area contributed by atoms with Crippen LogP contribution in [0.5, 0.6) is 5.75 Å². The van der Waals surface area contributed by atoms with Gasteiger partial charge in [0.1, 0.15) is 11.4 Å². The number of benzene rings is 2. The van der Waals surface area contributed by atoms with Crippen LogP contribution in [-0.4, -0.2) is 20.6 Å². The van der Waals surface area contributed by atoms with E-state index in [1.165, 1.54) is 22.9 Å². The van der Waals surface area contributed by atoms with Gasteiger partial charge in [-0.3, -0.25) is 14.9 Å². The van der Waals surface area contributed by atoms with Crippen LogP contribution in [0.25, 0.3) is 0 Å². The molecule has 8 nitrogen and oxygen atoms in total. The molecule has 0 aliphatic carbocycles. The molecule has 1 heterocycles. The van der Waals surface area contributed by atoms with Crippen LogP contribution >= 0.6 is 23.2 Å². The van der Waals surface area contributed by atoms with Gasteiger partial charge < -0.3 is 10.1 Å². The van der Waals surface area contributed by atoms with E-state index in [0.717, 1.165) is 0 Å². The summed E-state index contributed by atoms with van der Waals surface area (Å²) in [4.78, 5) is 23.0. The fraction of sp³-hybridized carbons (Fsp3) is 0.111. The lowest BCUT2D eigenvalue weighted by Gasteiger charge is -2.08. The maximum atomic E-state index is 12.4. The summed E-state index contributed by atoms with van der Waals surface area (Å²) in [6.45, 7) is 1.74. The highest BCUT2D eigenvalue weighted by Gasteiger charge is 2.18. The van der Waals surface area contributed by atoms with Crippen molar-refractivity contribution in [3.8, 4) is 5.75 Å². The third kappa shape index (κ3) is 4.59. The van der Waals surface area contributed by atoms with Gasteiger partial charge in [0.2, 0.25) is 0 Å². The SMILES string of the molecule is Cc1ccc(NC(=O)c2ccn(COc3ccc(Cl)cc3Cl)n2)c([N+](=O)[O-])c1. The van der Waals surface area contributed by atoms with Gasteiger partial charge in [-0.05, 0) is 42.8 Å². The van der Waals surface area contributed by atoms with Crippen LogP contribution in [0.1, 0.15) is 16.1 Å². The van der Waals surface area contributed by atoms with Crippen LogP contribution in [0.3, 0.4) is 0 Å². The Morgan fingerprint density at radius 3 is 2.75 bits per heavy atom. The summed E-state index contributed by atoms with van der Waals surface area (Å²) in [6.07, 6.45) is 1.54. The van der Waals surface area contributed by atoms with E-state index < -0.39 is 10.8 Å². The third-order valence-corrected chi connectivity index (χ3v) is 4.25. The highest BCUT2D eigenvalue weighted by Crippen LogP contribution is 2.28. The molecular weight excluding hydrogens is 407 g/mol. The standard InChI is InChI=1S/C18H14Cl2N4O4/c1-11-2-4-14(16(8-11)24(26)27)21-18(25)15-6-7-23(22-15)10-28-17-5-3-12(19)9-13(17)20/h2-9H,10H2,1H3,(H,21,25). The highest BCUT2D eigenvalue weighted by molar-refractivity contribution is 6.35. The zero-order valence-corrected chi connectivity index (χ0v) is 16.1. The number of ether oxygens (including phenoxy) is 1. The van der Waals surface area contributed by atoms with Crippen molar-refractivity contribution < 1.29 is 14.5 Å². The van der Waals surface area contributed by atoms with Crippen LogP contribution in [-0.2, 0) is 6.73 Å². The molecule has 3 aromatic rings. The summed E-state index contributed by atoms with van der Waals surface area (Å²) in [5.41, 5.74) is 0.709. The number of nitrogens with one attached hydrogen (secondary N) is 1. The molecule has 0 saturated heterocycles. The van der Waals surface area contributed by atoms with Crippen LogP contribution in [0, 0.1) is 17.0 Å². The number of aromatic nitrogens is 2. The van der Waals surface area contributed by atoms with E-state index >= 15 is 0 Å². The summed E-state index contributed by atoms with van der Waals surface area (Å²) in [5, 5.41) is 18.6. The maximum Gasteiger partial charge on any atom is 0.293 e. The number of hydrogen-bond donors (Lipinski definition) is 1. The van der Waals surface area contributed by atoms with Gasteiger partial charge >= 0.3 is 0 Å². The van der Waals surface area contributed by atoms with E-state index in [9.17, 15) is 14.9 Å². The summed E-state index contributed by atoms with van der Waals surface area (Å²) < 4.78 is 6.93. The van der Waals surface area contributed by atoms with Gasteiger partial charge in [0, 0.05) is 17.3 Å². The smallest absolute Gasteiger partial charge is 0.293 e. The van der Waals surface area contributed by atoms with Crippen LogP contribution in [0.4, 0.5) is 11.4 Å². The number of nitro groups is 1. The minimum absolute atomic E-state index is 0.0132. The molecule has 1 amide bonds. The Balaban J connectivity index is 1.68. The van der Waals surface area contributed by atoms with Crippen LogP contribution < -0.4 is 10.1 Å². The molecule has 1 aromatic heterocycles. The number of carbonyl (C=O) groups is 1. The van der Waals surface area contributed by atoms with Gasteiger partial charge in [0.15, 0.2) is 12.4 Å². The quantitative estimate of drug-likeness (QED) is 0.460. The molecule has 1 N–H and O–H groups in total. The van der Waals surface area contributed by atoms with Gasteiger partial charge in [-0.25, -0.2) is 4.68 Å². The van der Waals surface area contributed by atoms with E-state index in [-0.39, 0.29) is 23.8 Å². The van der Waals surface area contributed by atoms with Gasteiger partial charge in [0.05, 0.1) is 9.95 Å². The summed E-state index contributed by atoms with van der Waals surface area (Å²) >= 11 is 11.9. The van der Waals surface area contributed by atoms with E-state index in [1.54, 1.807) is 37.4 Å². The van der Waals surface area contributed by atoms with Crippen LogP contribution in [0.2, 0.25) is 10.0 Å². The second-order valence-corrected chi connectivity index (χ2v) is 6.66. The first-order chi connectivity index (χ1) is 13.3. The normalized spacial score (nSPS) is 10.5. The number of amides is 1. The van der Waals surface area contributed by atoms with Crippen molar-refractivity contribution in [1.29, 1.82) is 0 Å². The molecule has 0 aliphatic heterocycles. The molecule has 0 saturated carbocycles. The maximum absolute atomic E-state index is 12.4. The Morgan fingerprint density at radius 1 is 1.25 bits per heavy atom. The van der Waals surface area contributed by atoms with Crippen molar-refractivity contribution in [2.45, 2.75) is 13.7 Å². The number of aryl methyl sites for hydroxylation is 1. The predicted molar refractivity (Wildman–Crippen MR) is 105 cm³/mol. The Bertz CT molecular complexity index is 1050. The Hall–Kier alpha value is -3.10. The van der Waals surface area contributed by atoms with Crippen LogP contribution in [0.15, 0.2) is 48.7 Å². The van der Waals surface area contributed by atoms with Gasteiger partial charge in [0.25, 0.3) is 11.6 Å². The van der Waals surface area contributed by atoms with Gasteiger partial charge in [-0.2, -0.15) is 5.10 Å². The molecular formula is C18H14Cl2N4O4. The largest absolute Gasteiger partial charge is 0.470 e. The van der Waals surface area contributed by atoms with E-state index in [1.807, 2.05) is 0 Å². The van der Waals surface area contributed by atoms with Crippen molar-refractivity contribution in [1.82, 2.24) is 9.78 Å². The number of carbonyl (C=O) groups excluding carboxylic acids is 1. The predicted octanol–water partition coefficient (Wildman–Crippen LogP) is 4.70. The molecule has 0 atom stereocenters. The lowest BCUT2D eigenvalue weighted by atomic mass is 10.2. The first-order valence-corrected chi connectivity index (χ1v) is 8.77. The number of hydrogen-bond acceptors (Lipinski definition) is 5. The monoisotopic (exact) mass is 420 g/mol. The number of nitrogens with zero attached hydrogens (tertiary/aromatic N) is 3. The van der Waals surface area contributed by atoms with Gasteiger partial charge in [-0.15, -0.1) is 0 Å². The minimum Gasteiger partial charge on any atom is -0.470 e. The first-order valence-electron chi connectivity index (χ1n) is 8.01. The molecule has 3 rings (SSSR count). The molecule has 0 aliphatic rings. The fourth-order valence-electron chi connectivity index (χ4n) is 2.37. The molecule has 0 fully saturated rings. The van der Waals surface area contributed by atoms with Crippen molar-refractivity contribution in [3.63, 3.8) is 0 Å². The molecule has 0 spiro atoms. The number of rotatable bonds is 6. The molecule has 144 valence electrons. The minimum atomic E-state index is -0.574. The zero-order chi connectivity index (χ0) is 20.3. The molecule has 10 heteroatoms. The summed E-state index contributed by atoms with van der Waals surface area (Å²) in [7, 11) is 0. The number of halogens is 2. The van der Waals surface area contributed by atoms with E-state index in [2.05, 4.69) is 10.4 Å².